The first-order valence-corrected chi connectivity index (χ1v) is 4.00. The van der Waals surface area contributed by atoms with Crippen molar-refractivity contribution >= 4 is 20.8 Å². The van der Waals surface area contributed by atoms with E-state index in [1.54, 1.807) is 0 Å². The van der Waals surface area contributed by atoms with Crippen LogP contribution >= 0.6 is 0 Å². The molecule has 0 saturated carbocycles. The van der Waals surface area contributed by atoms with Gasteiger partial charge >= 0.3 is 41.7 Å². The van der Waals surface area contributed by atoms with Crippen LogP contribution in [0, 0.1) is 41.7 Å². The topological polar surface area (TPSA) is 224 Å². The molecule has 13 heavy (non-hydrogen) atoms. The quantitative estimate of drug-likeness (QED) is 0.299. The summed E-state index contributed by atoms with van der Waals surface area (Å²) in [4.78, 5) is 0. The Morgan fingerprint density at radius 2 is 0.615 bits per heavy atom. The van der Waals surface area contributed by atoms with E-state index in [1.165, 1.54) is 0 Å². The van der Waals surface area contributed by atoms with Crippen molar-refractivity contribution in [1.29, 1.82) is 0 Å². The van der Waals surface area contributed by atoms with E-state index in [1.807, 2.05) is 0 Å². The fourth-order valence-electron chi connectivity index (χ4n) is 0. The van der Waals surface area contributed by atoms with E-state index in [2.05, 4.69) is 0 Å². The molecule has 0 bridgehead atoms. The summed E-state index contributed by atoms with van der Waals surface area (Å²) in [5, 5.41) is 0. The van der Waals surface area contributed by atoms with Crippen molar-refractivity contribution in [1.82, 2.24) is 0 Å². The van der Waals surface area contributed by atoms with Crippen LogP contribution in [0.3, 0.4) is 0 Å². The molecule has 0 spiro atoms. The summed E-state index contributed by atoms with van der Waals surface area (Å²) in [7, 11) is -10.3. The summed E-state index contributed by atoms with van der Waals surface area (Å²) >= 11 is 0. The van der Waals surface area contributed by atoms with Crippen molar-refractivity contribution in [3.8, 4) is 0 Å². The van der Waals surface area contributed by atoms with Crippen LogP contribution in [0.4, 0.5) is 0 Å². The molecule has 0 aliphatic carbocycles. The molecular weight excluding hydrogens is 364 g/mol. The molecule has 0 atom stereocenters. The van der Waals surface area contributed by atoms with Gasteiger partial charge in [-0.25, -0.2) is 0 Å². The van der Waals surface area contributed by atoms with Crippen LogP contribution in [0.2, 0.25) is 0 Å². The van der Waals surface area contributed by atoms with E-state index in [0.29, 0.717) is 0 Å². The molecule has 0 heterocycles. The molecule has 0 aromatic rings. The van der Waals surface area contributed by atoms with E-state index in [4.69, 9.17) is 35.0 Å². The number of rotatable bonds is 0. The zero-order valence-electron chi connectivity index (χ0n) is 5.58. The average molecular weight is 368 g/mol. The Labute approximate surface area is 107 Å². The third-order valence-corrected chi connectivity index (χ3v) is 0. The van der Waals surface area contributed by atoms with Crippen molar-refractivity contribution in [2.75, 3.05) is 0 Å². The van der Waals surface area contributed by atoms with E-state index in [0.717, 1.165) is 0 Å². The largest absolute Gasteiger partial charge is 4.00 e. The van der Waals surface area contributed by atoms with E-state index in [-0.39, 0.29) is 52.7 Å². The van der Waals surface area contributed by atoms with Gasteiger partial charge in [0.2, 0.25) is 0 Å². The number of hydrogen-bond donors (Lipinski definition) is 0. The third kappa shape index (κ3) is 1480. The van der Waals surface area contributed by atoms with E-state index in [9.17, 15) is 0 Å². The van der Waals surface area contributed by atoms with Crippen molar-refractivity contribution in [3.05, 3.63) is 0 Å². The van der Waals surface area contributed by atoms with Gasteiger partial charge in [0.25, 0.3) is 0 Å². The zero-order valence-corrected chi connectivity index (χ0v) is 10.4. The molecule has 0 rings (SSSR count). The van der Waals surface area contributed by atoms with Crippen molar-refractivity contribution in [3.63, 3.8) is 0 Å². The van der Waals surface area contributed by atoms with Gasteiger partial charge in [0.15, 0.2) is 0 Å². The van der Waals surface area contributed by atoms with Gasteiger partial charge in [-0.1, -0.05) is 0 Å². The van der Waals surface area contributed by atoms with E-state index >= 15 is 0 Å². The minimum atomic E-state index is -5.17. The number of hydrogen-bond acceptors (Lipinski definition) is 8. The first-order valence-electron chi connectivity index (χ1n) is 1.33. The normalized spacial score (nSPS) is 8.92. The van der Waals surface area contributed by atoms with Gasteiger partial charge < -0.3 is 29.2 Å². The monoisotopic (exact) mass is 368 g/mol. The van der Waals surface area contributed by atoms with Gasteiger partial charge in [-0.2, -0.15) is 0 Å². The summed E-state index contributed by atoms with van der Waals surface area (Å²) < 4.78 is 68.2. The smallest absolute Gasteiger partial charge is 0.759 e. The van der Waals surface area contributed by atoms with Crippen LogP contribution < -0.4 is 0 Å². The molecule has 0 saturated heterocycles. The van der Waals surface area contributed by atoms with E-state index < -0.39 is 20.8 Å². The average Bonchev–Trinajstić information content (AvgIpc) is 1.12. The second-order valence-corrected chi connectivity index (χ2v) is 2.45. The Kier molecular flexibility index (Phi) is 25.0. The molecule has 0 aromatic carbocycles. The second-order valence-electron chi connectivity index (χ2n) is 0.816. The third-order valence-electron chi connectivity index (χ3n) is 0. The van der Waals surface area contributed by atoms with Gasteiger partial charge in [0, 0.05) is 20.8 Å². The van der Waals surface area contributed by atoms with Gasteiger partial charge in [0.1, 0.15) is 0 Å². The Bertz CT molecular complexity index is 209. The van der Waals surface area contributed by atoms with Crippen molar-refractivity contribution in [2.45, 2.75) is 0 Å². The van der Waals surface area contributed by atoms with Gasteiger partial charge in [-0.05, 0) is 0 Å². The molecule has 10 nitrogen and oxygen atoms in total. The minimum Gasteiger partial charge on any atom is -0.759 e. The molecule has 0 fully saturated rings. The maximum absolute atomic E-state index is 8.52. The predicted octanol–water partition coefficient (Wildman–Crippen LogP) is -4.33. The molecular formula is H4CeO10S2. The van der Waals surface area contributed by atoms with Crippen LogP contribution in [0.5, 0.6) is 0 Å². The van der Waals surface area contributed by atoms with Crippen molar-refractivity contribution < 1.29 is 87.7 Å². The Morgan fingerprint density at radius 3 is 0.615 bits per heavy atom. The summed E-state index contributed by atoms with van der Waals surface area (Å²) in [6, 6.07) is 0. The molecule has 0 unspecified atom stereocenters. The maximum Gasteiger partial charge on any atom is 4.00 e. The Morgan fingerprint density at radius 1 is 0.615 bits per heavy atom. The first-order chi connectivity index (χ1) is 4.00. The summed E-state index contributed by atoms with van der Waals surface area (Å²) in [5.74, 6) is 0. The molecule has 13 heteroatoms. The fraction of sp³-hybridized carbons (Fsp3) is 0. The zero-order chi connectivity index (χ0) is 9.00. The molecule has 0 aliphatic rings. The van der Waals surface area contributed by atoms with Crippen LogP contribution in [-0.2, 0) is 20.8 Å². The van der Waals surface area contributed by atoms with Crippen LogP contribution in [-0.4, -0.2) is 46.0 Å². The standard InChI is InChI=1S/Ce.2H2O4S.2H2O/c;2*1-5(2,3)4;;/h;2*(H2,1,2,3,4);2*1H2/q+4;;;;/p-4. The fourth-order valence-corrected chi connectivity index (χ4v) is 0. The molecule has 0 aromatic heterocycles. The Balaban J connectivity index is -0.0000000267. The second kappa shape index (κ2) is 11.1. The molecule has 0 aliphatic heterocycles. The summed E-state index contributed by atoms with van der Waals surface area (Å²) in [6.07, 6.45) is 0. The van der Waals surface area contributed by atoms with Gasteiger partial charge in [-0.3, -0.25) is 16.8 Å². The first kappa shape index (κ1) is 29.2. The molecule has 80 valence electrons. The molecule has 0 radical (unpaired) electrons. The SMILES string of the molecule is O.O.O=S(=O)([O-])[O-].O=S(=O)([O-])[O-].[Ce+4]. The van der Waals surface area contributed by atoms with Gasteiger partial charge in [0.05, 0.1) is 0 Å². The molecule has 0 amide bonds. The van der Waals surface area contributed by atoms with Crippen LogP contribution in [0.15, 0.2) is 0 Å². The van der Waals surface area contributed by atoms with Crippen molar-refractivity contribution in [2.24, 2.45) is 0 Å². The predicted molar refractivity (Wildman–Crippen MR) is 28.2 cm³/mol. The minimum absolute atomic E-state index is 0. The summed E-state index contributed by atoms with van der Waals surface area (Å²) in [6.45, 7) is 0. The Hall–Kier alpha value is 1.04. The molecule has 4 N–H and O–H groups in total. The van der Waals surface area contributed by atoms with Crippen LogP contribution in [0.25, 0.3) is 0 Å². The van der Waals surface area contributed by atoms with Crippen LogP contribution in [0.1, 0.15) is 0 Å². The maximum atomic E-state index is 8.52. The van der Waals surface area contributed by atoms with Gasteiger partial charge in [-0.15, -0.1) is 0 Å². The summed E-state index contributed by atoms with van der Waals surface area (Å²) in [5.41, 5.74) is 0.